The van der Waals surface area contributed by atoms with Gasteiger partial charge in [-0.2, -0.15) is 0 Å². The molecule has 3 aromatic rings. The van der Waals surface area contributed by atoms with Gasteiger partial charge >= 0.3 is 5.97 Å². The fourth-order valence-corrected chi connectivity index (χ4v) is 4.21. The minimum atomic E-state index is -0.554. The van der Waals surface area contributed by atoms with Crippen molar-refractivity contribution >= 4 is 28.7 Å². The maximum absolute atomic E-state index is 13.0. The number of esters is 1. The molecular formula is C23H23N3O4. The number of benzene rings is 1. The third-order valence-corrected chi connectivity index (χ3v) is 5.97. The van der Waals surface area contributed by atoms with Crippen LogP contribution in [0.25, 0.3) is 11.1 Å². The van der Waals surface area contributed by atoms with Crippen LogP contribution in [0.3, 0.4) is 0 Å². The number of hydrogen-bond donors (Lipinski definition) is 0. The summed E-state index contributed by atoms with van der Waals surface area (Å²) in [5, 5.41) is 4.49. The third-order valence-electron chi connectivity index (χ3n) is 5.97. The molecule has 0 radical (unpaired) electrons. The van der Waals surface area contributed by atoms with Crippen molar-refractivity contribution in [1.82, 2.24) is 10.1 Å². The Labute approximate surface area is 174 Å². The van der Waals surface area contributed by atoms with Crippen LogP contribution < -0.4 is 4.90 Å². The fraction of sp³-hybridized carbons (Fsp3) is 0.391. The smallest absolute Gasteiger partial charge is 0.339 e. The van der Waals surface area contributed by atoms with Crippen molar-refractivity contribution < 1.29 is 18.8 Å². The van der Waals surface area contributed by atoms with E-state index in [4.69, 9.17) is 9.26 Å². The van der Waals surface area contributed by atoms with Crippen LogP contribution in [0.15, 0.2) is 34.9 Å². The number of amides is 1. The van der Waals surface area contributed by atoms with Gasteiger partial charge in [-0.25, -0.2) is 9.78 Å². The number of carbonyl (C=O) groups excluding carboxylic acids is 2. The van der Waals surface area contributed by atoms with Crippen molar-refractivity contribution in [1.29, 1.82) is 0 Å². The molecule has 1 aromatic carbocycles. The lowest BCUT2D eigenvalue weighted by Gasteiger charge is -2.35. The second-order valence-corrected chi connectivity index (χ2v) is 8.17. The molecule has 0 N–H and O–H groups in total. The first-order chi connectivity index (χ1) is 14.5. The molecule has 1 aliphatic heterocycles. The highest BCUT2D eigenvalue weighted by Gasteiger charge is 2.31. The maximum Gasteiger partial charge on any atom is 0.339 e. The molecule has 7 heteroatoms. The zero-order chi connectivity index (χ0) is 20.8. The lowest BCUT2D eigenvalue weighted by Crippen LogP contribution is -2.44. The minimum absolute atomic E-state index is 0.0560. The molecule has 0 spiro atoms. The Bertz CT molecular complexity index is 1150. The number of rotatable bonds is 4. The third kappa shape index (κ3) is 3.24. The van der Waals surface area contributed by atoms with Gasteiger partial charge in [0.05, 0.1) is 16.6 Å². The molecule has 5 rings (SSSR count). The van der Waals surface area contributed by atoms with Crippen molar-refractivity contribution in [3.63, 3.8) is 0 Å². The predicted octanol–water partition coefficient (Wildman–Crippen LogP) is 3.93. The van der Waals surface area contributed by atoms with Gasteiger partial charge in [0.15, 0.2) is 6.61 Å². The first kappa shape index (κ1) is 18.8. The standard InChI is InChI=1S/C23H23N3O4/c1-13-7-8-16-5-3-4-6-19(16)26(13)20(27)12-29-23(28)17-11-18(15-9-10-15)24-22-21(17)14(2)25-30-22/h3-6,11,13,15H,7-10,12H2,1-2H3. The van der Waals surface area contributed by atoms with Crippen molar-refractivity contribution in [2.75, 3.05) is 11.5 Å². The van der Waals surface area contributed by atoms with E-state index in [9.17, 15) is 9.59 Å². The van der Waals surface area contributed by atoms with E-state index in [1.54, 1.807) is 17.9 Å². The van der Waals surface area contributed by atoms with E-state index in [0.717, 1.165) is 42.6 Å². The largest absolute Gasteiger partial charge is 0.452 e. The number of aryl methyl sites for hydroxylation is 2. The van der Waals surface area contributed by atoms with E-state index < -0.39 is 5.97 Å². The Morgan fingerprint density at radius 3 is 2.83 bits per heavy atom. The second kappa shape index (κ2) is 7.23. The first-order valence-electron chi connectivity index (χ1n) is 10.4. The Kier molecular flexibility index (Phi) is 4.53. The molecule has 1 aliphatic carbocycles. The number of hydrogen-bond acceptors (Lipinski definition) is 6. The molecular weight excluding hydrogens is 382 g/mol. The summed E-state index contributed by atoms with van der Waals surface area (Å²) < 4.78 is 10.8. The van der Waals surface area contributed by atoms with Crippen LogP contribution in [0.4, 0.5) is 5.69 Å². The predicted molar refractivity (Wildman–Crippen MR) is 111 cm³/mol. The number of para-hydroxylation sites is 1. The number of fused-ring (bicyclic) bond motifs is 2. The summed E-state index contributed by atoms with van der Waals surface area (Å²) in [7, 11) is 0. The summed E-state index contributed by atoms with van der Waals surface area (Å²) in [5.41, 5.74) is 4.14. The number of aromatic nitrogens is 2. The summed E-state index contributed by atoms with van der Waals surface area (Å²) >= 11 is 0. The molecule has 0 saturated heterocycles. The average molecular weight is 405 g/mol. The second-order valence-electron chi connectivity index (χ2n) is 8.17. The highest BCUT2D eigenvalue weighted by Crippen LogP contribution is 2.40. The van der Waals surface area contributed by atoms with Crippen LogP contribution in [-0.4, -0.2) is 34.7 Å². The molecule has 1 atom stereocenters. The van der Waals surface area contributed by atoms with Gasteiger partial charge in [-0.05, 0) is 57.2 Å². The molecule has 2 aliphatic rings. The molecule has 154 valence electrons. The number of pyridine rings is 1. The van der Waals surface area contributed by atoms with Crippen LogP contribution in [0, 0.1) is 6.92 Å². The molecule has 30 heavy (non-hydrogen) atoms. The van der Waals surface area contributed by atoms with Gasteiger partial charge in [0.25, 0.3) is 11.6 Å². The Morgan fingerprint density at radius 1 is 1.23 bits per heavy atom. The molecule has 2 aromatic heterocycles. The van der Waals surface area contributed by atoms with Crippen LogP contribution in [0.1, 0.15) is 59.4 Å². The van der Waals surface area contributed by atoms with Crippen molar-refractivity contribution in [3.8, 4) is 0 Å². The normalized spacial score (nSPS) is 18.3. The summed E-state index contributed by atoms with van der Waals surface area (Å²) in [6.07, 6.45) is 3.91. The van der Waals surface area contributed by atoms with Crippen LogP contribution in [0.2, 0.25) is 0 Å². The van der Waals surface area contributed by atoms with E-state index in [-0.39, 0.29) is 18.6 Å². The van der Waals surface area contributed by atoms with Gasteiger partial charge in [0.2, 0.25) is 0 Å². The Hall–Kier alpha value is -3.22. The fourth-order valence-electron chi connectivity index (χ4n) is 4.21. The van der Waals surface area contributed by atoms with Gasteiger partial charge in [-0.15, -0.1) is 0 Å². The van der Waals surface area contributed by atoms with Crippen molar-refractivity contribution in [2.24, 2.45) is 0 Å². The lowest BCUT2D eigenvalue weighted by molar-refractivity contribution is -0.122. The van der Waals surface area contributed by atoms with Gasteiger partial charge in [-0.1, -0.05) is 23.4 Å². The molecule has 1 fully saturated rings. The molecule has 1 saturated carbocycles. The Morgan fingerprint density at radius 2 is 2.03 bits per heavy atom. The number of anilines is 1. The minimum Gasteiger partial charge on any atom is -0.452 e. The molecule has 1 amide bonds. The van der Waals surface area contributed by atoms with E-state index in [0.29, 0.717) is 28.3 Å². The van der Waals surface area contributed by atoms with Crippen LogP contribution in [0.5, 0.6) is 0 Å². The average Bonchev–Trinajstić information content (AvgIpc) is 3.54. The molecule has 1 unspecified atom stereocenters. The quantitative estimate of drug-likeness (QED) is 0.612. The summed E-state index contributed by atoms with van der Waals surface area (Å²) in [6, 6.07) is 9.70. The molecule has 0 bridgehead atoms. The van der Waals surface area contributed by atoms with Gasteiger partial charge < -0.3 is 14.2 Å². The zero-order valence-electron chi connectivity index (χ0n) is 17.1. The van der Waals surface area contributed by atoms with Crippen LogP contribution >= 0.6 is 0 Å². The SMILES string of the molecule is Cc1noc2nc(C3CC3)cc(C(=O)OCC(=O)N3c4ccccc4CCC3C)c12. The lowest BCUT2D eigenvalue weighted by atomic mass is 9.96. The summed E-state index contributed by atoms with van der Waals surface area (Å²) in [6.45, 7) is 3.47. The summed E-state index contributed by atoms with van der Waals surface area (Å²) in [4.78, 5) is 32.1. The van der Waals surface area contributed by atoms with E-state index in [2.05, 4.69) is 10.1 Å². The van der Waals surface area contributed by atoms with Crippen molar-refractivity contribution in [2.45, 2.75) is 51.5 Å². The summed E-state index contributed by atoms with van der Waals surface area (Å²) in [5.74, 6) is -0.432. The van der Waals surface area contributed by atoms with Crippen molar-refractivity contribution in [3.05, 3.63) is 52.8 Å². The number of carbonyl (C=O) groups is 2. The van der Waals surface area contributed by atoms with Gasteiger partial charge in [-0.3, -0.25) is 4.79 Å². The highest BCUT2D eigenvalue weighted by molar-refractivity contribution is 6.04. The molecule has 3 heterocycles. The van der Waals surface area contributed by atoms with Crippen LogP contribution in [-0.2, 0) is 16.0 Å². The molecule has 7 nitrogen and oxygen atoms in total. The van der Waals surface area contributed by atoms with E-state index >= 15 is 0 Å². The number of ether oxygens (including phenoxy) is 1. The highest BCUT2D eigenvalue weighted by atomic mass is 16.5. The monoisotopic (exact) mass is 405 g/mol. The first-order valence-corrected chi connectivity index (χ1v) is 10.4. The van der Waals surface area contributed by atoms with Gasteiger partial charge in [0.1, 0.15) is 0 Å². The van der Waals surface area contributed by atoms with Gasteiger partial charge in [0, 0.05) is 23.3 Å². The Balaban J connectivity index is 1.38. The number of nitrogens with zero attached hydrogens (tertiary/aromatic N) is 3. The maximum atomic E-state index is 13.0. The zero-order valence-corrected chi connectivity index (χ0v) is 17.1. The van der Waals surface area contributed by atoms with E-state index in [1.807, 2.05) is 31.2 Å². The van der Waals surface area contributed by atoms with E-state index in [1.165, 1.54) is 0 Å². The topological polar surface area (TPSA) is 85.5 Å².